The summed E-state index contributed by atoms with van der Waals surface area (Å²) in [5.74, 6) is -1.84. The van der Waals surface area contributed by atoms with Crippen LogP contribution in [-0.2, 0) is 66.7 Å². The number of aromatic nitrogens is 4. The van der Waals surface area contributed by atoms with Gasteiger partial charge in [0.15, 0.2) is 0 Å². The van der Waals surface area contributed by atoms with E-state index in [-0.39, 0.29) is 90.3 Å². The Morgan fingerprint density at radius 1 is 0.545 bits per heavy atom. The summed E-state index contributed by atoms with van der Waals surface area (Å²) >= 11 is 0. The summed E-state index contributed by atoms with van der Waals surface area (Å²) in [7, 11) is 0. The molecule has 5 heterocycles. The molecule has 3 aromatic rings. The van der Waals surface area contributed by atoms with Gasteiger partial charge in [-0.25, -0.2) is 9.97 Å². The second-order valence-corrected chi connectivity index (χ2v) is 13.3. The summed E-state index contributed by atoms with van der Waals surface area (Å²) in [5, 5.41) is 9.61. The average molecular weight is 843 g/mol. The van der Waals surface area contributed by atoms with Crippen molar-refractivity contribution in [3.8, 4) is 0 Å². The average Bonchev–Trinajstić information content (AvgIpc) is 3.78. The first-order valence-electron chi connectivity index (χ1n) is 18.6. The molecule has 12 nitrogen and oxygen atoms in total. The van der Waals surface area contributed by atoms with Gasteiger partial charge in [-0.05, 0) is 96.4 Å². The molecule has 0 aromatic carbocycles. The van der Waals surface area contributed by atoms with E-state index in [2.05, 4.69) is 0 Å². The maximum absolute atomic E-state index is 12.5. The molecule has 1 N–H and O–H groups in total. The van der Waals surface area contributed by atoms with Crippen molar-refractivity contribution in [2.45, 2.75) is 99.8 Å². The molecule has 0 saturated heterocycles. The fourth-order valence-corrected chi connectivity index (χ4v) is 6.94. The van der Waals surface area contributed by atoms with Crippen LogP contribution in [0.3, 0.4) is 0 Å². The summed E-state index contributed by atoms with van der Waals surface area (Å²) in [5.41, 5.74) is 12.0. The maximum Gasteiger partial charge on any atom is 2.00 e. The fraction of sp³-hybridized carbons (Fsp3) is 0.429. The Morgan fingerprint density at radius 3 is 1.25 bits per heavy atom. The molecule has 0 spiro atoms. The number of fused-ring (bicyclic) bond motifs is 8. The van der Waals surface area contributed by atoms with E-state index < -0.39 is 5.97 Å². The van der Waals surface area contributed by atoms with Crippen molar-refractivity contribution < 1.29 is 58.9 Å². The number of nitrogens with zero attached hydrogens (tertiary/aromatic N) is 4. The number of esters is 3. The van der Waals surface area contributed by atoms with Gasteiger partial charge in [0.05, 0.1) is 42.6 Å². The van der Waals surface area contributed by atoms with Crippen molar-refractivity contribution >= 4 is 68.2 Å². The van der Waals surface area contributed by atoms with Crippen molar-refractivity contribution in [3.63, 3.8) is 0 Å². The third-order valence-corrected chi connectivity index (χ3v) is 9.88. The van der Waals surface area contributed by atoms with Gasteiger partial charge in [0, 0.05) is 25.7 Å². The molecule has 0 saturated carbocycles. The number of hydrogen-bond donors (Lipinski definition) is 1. The zero-order valence-corrected chi connectivity index (χ0v) is 34.1. The number of allylic oxidation sites excluding steroid dienone is 4. The SMILES string of the molecule is CCOC(=O)CCC1=C(C)c2cc3[n-]c(cc4nc(cc5[n-]c(cc1n2)c(CCC(=O)O)c5C)C(C)=C4CCC(=O)OCC)c(CCC(=O)OCC)c3C.[Pd+2]. The smallest absolute Gasteiger partial charge is 0.657 e. The summed E-state index contributed by atoms with van der Waals surface area (Å²) < 4.78 is 15.7. The molecule has 55 heavy (non-hydrogen) atoms. The standard InChI is InChI=1S/C42H49N4O8.Pd/c1-8-52-40(49)16-12-28-24(5)33-20-34-26(7)30(14-18-42(51)54-10-3)38(46-34)22-37-29(13-17-41(50)53-9-2)25(6)32(45-37)19-31-23(4)27(11-15-39(47)48)35(43-31)21-36(28)44-33;/h19-22H,8-18H2,1-7H3,(H2-,43,44,45,46,47,48);/q-1;+2/p-1. The molecule has 0 unspecified atom stereocenters. The number of rotatable bonds is 15. The zero-order chi connectivity index (χ0) is 39.1. The van der Waals surface area contributed by atoms with E-state index >= 15 is 0 Å². The van der Waals surface area contributed by atoms with Crippen LogP contribution in [-0.4, -0.2) is 58.8 Å². The van der Waals surface area contributed by atoms with Crippen molar-refractivity contribution in [2.75, 3.05) is 19.8 Å². The molecular weight excluding hydrogens is 795 g/mol. The van der Waals surface area contributed by atoms with E-state index in [0.717, 1.165) is 44.5 Å². The first-order chi connectivity index (χ1) is 25.8. The molecule has 2 aliphatic rings. The van der Waals surface area contributed by atoms with Crippen molar-refractivity contribution in [3.05, 3.63) is 69.3 Å². The summed E-state index contributed by atoms with van der Waals surface area (Å²) in [6.07, 6.45) is 1.83. The summed E-state index contributed by atoms with van der Waals surface area (Å²) in [4.78, 5) is 69.5. The van der Waals surface area contributed by atoms with Crippen LogP contribution in [0.15, 0.2) is 24.3 Å². The minimum atomic E-state index is -0.918. The van der Waals surface area contributed by atoms with Gasteiger partial charge in [0.2, 0.25) is 0 Å². The number of carbonyl (C=O) groups excluding carboxylic acids is 3. The van der Waals surface area contributed by atoms with E-state index in [4.69, 9.17) is 34.1 Å². The van der Waals surface area contributed by atoms with Gasteiger partial charge in [-0.3, -0.25) is 19.2 Å². The molecule has 13 heteroatoms. The molecule has 0 amide bonds. The van der Waals surface area contributed by atoms with Crippen molar-refractivity contribution in [2.24, 2.45) is 0 Å². The van der Waals surface area contributed by atoms with Crippen LogP contribution in [0.2, 0.25) is 0 Å². The Bertz CT molecular complexity index is 2210. The van der Waals surface area contributed by atoms with Crippen LogP contribution in [0.4, 0.5) is 0 Å². The molecule has 2 aliphatic heterocycles. The van der Waals surface area contributed by atoms with Gasteiger partial charge in [-0.2, -0.15) is 0 Å². The Morgan fingerprint density at radius 2 is 0.891 bits per heavy atom. The minimum Gasteiger partial charge on any atom is -0.657 e. The molecule has 0 atom stereocenters. The van der Waals surface area contributed by atoms with Crippen LogP contribution >= 0.6 is 0 Å². The number of carbonyl (C=O) groups is 4. The quantitative estimate of drug-likeness (QED) is 0.0926. The van der Waals surface area contributed by atoms with E-state index in [1.807, 2.05) is 52.0 Å². The minimum absolute atomic E-state index is 0. The molecule has 0 fully saturated rings. The zero-order valence-electron chi connectivity index (χ0n) is 32.5. The Kier molecular flexibility index (Phi) is 14.9. The van der Waals surface area contributed by atoms with Crippen LogP contribution in [0, 0.1) is 13.8 Å². The van der Waals surface area contributed by atoms with Gasteiger partial charge in [0.25, 0.3) is 0 Å². The monoisotopic (exact) mass is 842 g/mol. The van der Waals surface area contributed by atoms with Crippen LogP contribution in [0.1, 0.15) is 118 Å². The van der Waals surface area contributed by atoms with Gasteiger partial charge < -0.3 is 29.3 Å². The molecule has 294 valence electrons. The molecule has 3 aromatic heterocycles. The van der Waals surface area contributed by atoms with E-state index in [9.17, 15) is 24.3 Å². The van der Waals surface area contributed by atoms with E-state index in [1.54, 1.807) is 20.8 Å². The molecule has 5 rings (SSSR count). The number of carboxylic acid groups (broad SMARTS) is 1. The van der Waals surface area contributed by atoms with Gasteiger partial charge >= 0.3 is 44.3 Å². The Balaban J connectivity index is 0.00000673. The number of aliphatic carboxylic acids is 1. The predicted octanol–water partition coefficient (Wildman–Crippen LogP) is 7.25. The number of ether oxygens (including phenoxy) is 3. The predicted molar refractivity (Wildman–Crippen MR) is 206 cm³/mol. The number of aryl methyl sites for hydroxylation is 4. The number of carboxylic acids is 1. The third-order valence-electron chi connectivity index (χ3n) is 9.88. The largest absolute Gasteiger partial charge is 2.00 e. The summed E-state index contributed by atoms with van der Waals surface area (Å²) in [6.45, 7) is 14.0. The fourth-order valence-electron chi connectivity index (χ4n) is 6.94. The molecule has 0 radical (unpaired) electrons. The maximum atomic E-state index is 12.5. The third kappa shape index (κ3) is 10.1. The second kappa shape index (κ2) is 19.1. The van der Waals surface area contributed by atoms with Crippen LogP contribution in [0.5, 0.6) is 0 Å². The van der Waals surface area contributed by atoms with Gasteiger partial charge in [-0.15, -0.1) is 22.1 Å². The first kappa shape index (κ1) is 42.9. The van der Waals surface area contributed by atoms with Gasteiger partial charge in [0.1, 0.15) is 0 Å². The van der Waals surface area contributed by atoms with Crippen LogP contribution < -0.4 is 9.97 Å². The number of hydrogen-bond acceptors (Lipinski definition) is 9. The topological polar surface area (TPSA) is 170 Å². The molecule has 0 aliphatic carbocycles. The Hall–Kier alpha value is -4.86. The summed E-state index contributed by atoms with van der Waals surface area (Å²) in [6, 6.07) is 7.59. The van der Waals surface area contributed by atoms with Crippen LogP contribution in [0.25, 0.3) is 44.4 Å². The Labute approximate surface area is 334 Å². The van der Waals surface area contributed by atoms with Gasteiger partial charge in [-0.1, -0.05) is 46.5 Å². The van der Waals surface area contributed by atoms with Crippen molar-refractivity contribution in [1.82, 2.24) is 19.9 Å². The normalized spacial score (nSPS) is 12.4. The van der Waals surface area contributed by atoms with E-state index in [1.165, 1.54) is 0 Å². The first-order valence-corrected chi connectivity index (χ1v) is 18.6. The second-order valence-electron chi connectivity index (χ2n) is 13.3. The molecular formula is C42H48N4O8Pd. The van der Waals surface area contributed by atoms with Crippen molar-refractivity contribution in [1.29, 1.82) is 0 Å². The van der Waals surface area contributed by atoms with E-state index in [0.29, 0.717) is 64.1 Å². The molecule has 8 bridgehead atoms.